The molecule has 0 amide bonds. The van der Waals surface area contributed by atoms with Gasteiger partial charge in [0, 0.05) is 21.6 Å². The Kier molecular flexibility index (Phi) is 3.47. The van der Waals surface area contributed by atoms with Crippen LogP contribution >= 0.6 is 27.5 Å². The number of benzene rings is 1. The first-order chi connectivity index (χ1) is 8.83. The summed E-state index contributed by atoms with van der Waals surface area (Å²) in [4.78, 5) is 0. The molecule has 0 spiro atoms. The highest BCUT2D eigenvalue weighted by Crippen LogP contribution is 2.35. The second-order valence-electron chi connectivity index (χ2n) is 4.15. The smallest absolute Gasteiger partial charge is 0.130 e. The number of fused-ring (bicyclic) bond motifs is 1. The molecule has 18 heavy (non-hydrogen) atoms. The van der Waals surface area contributed by atoms with E-state index in [0.29, 0.717) is 0 Å². The summed E-state index contributed by atoms with van der Waals surface area (Å²) in [6.45, 7) is 0.766. The number of aromatic nitrogens is 2. The van der Waals surface area contributed by atoms with Crippen molar-refractivity contribution < 1.29 is 4.74 Å². The van der Waals surface area contributed by atoms with E-state index in [-0.39, 0.29) is 6.04 Å². The number of nitrogens with zero attached hydrogens (tertiary/aromatic N) is 2. The molecule has 0 saturated carbocycles. The summed E-state index contributed by atoms with van der Waals surface area (Å²) in [5, 5.41) is 8.32. The van der Waals surface area contributed by atoms with Crippen LogP contribution in [0, 0.1) is 0 Å². The van der Waals surface area contributed by atoms with Gasteiger partial charge in [-0.15, -0.1) is 5.10 Å². The zero-order chi connectivity index (χ0) is 12.4. The number of nitrogens with one attached hydrogen (secondary N) is 1. The van der Waals surface area contributed by atoms with Crippen molar-refractivity contribution in [1.82, 2.24) is 9.59 Å². The van der Waals surface area contributed by atoms with E-state index < -0.39 is 0 Å². The molecular weight excluding hydrogens is 314 g/mol. The molecular formula is C12H12BrN3OS. The van der Waals surface area contributed by atoms with Crippen LogP contribution in [-0.4, -0.2) is 16.2 Å². The normalized spacial score (nSPS) is 18.6. The van der Waals surface area contributed by atoms with Gasteiger partial charge in [-0.25, -0.2) is 0 Å². The lowest BCUT2D eigenvalue weighted by Gasteiger charge is -2.18. The van der Waals surface area contributed by atoms with Gasteiger partial charge in [-0.3, -0.25) is 0 Å². The minimum absolute atomic E-state index is 0.262. The number of rotatable bonds is 2. The van der Waals surface area contributed by atoms with Gasteiger partial charge in [-0.2, -0.15) is 0 Å². The van der Waals surface area contributed by atoms with Crippen molar-refractivity contribution >= 4 is 32.5 Å². The second-order valence-corrected chi connectivity index (χ2v) is 5.85. The van der Waals surface area contributed by atoms with Crippen LogP contribution in [0.1, 0.15) is 24.4 Å². The quantitative estimate of drug-likeness (QED) is 0.915. The SMILES string of the molecule is Brc1ccc2c(c1)OCCCC2Nc1cnns1. The molecule has 1 aliphatic heterocycles. The monoisotopic (exact) mass is 325 g/mol. The molecule has 1 aliphatic rings. The highest BCUT2D eigenvalue weighted by molar-refractivity contribution is 9.10. The number of halogens is 1. The standard InChI is InChI=1S/C12H12BrN3OS/c13-8-3-4-9-10(15-12-7-14-16-18-12)2-1-5-17-11(9)6-8/h3-4,6-7,10,15H,1-2,5H2. The molecule has 0 bridgehead atoms. The highest BCUT2D eigenvalue weighted by Gasteiger charge is 2.20. The summed E-state index contributed by atoms with van der Waals surface area (Å²) in [6, 6.07) is 6.45. The first-order valence-electron chi connectivity index (χ1n) is 5.79. The van der Waals surface area contributed by atoms with Gasteiger partial charge in [0.1, 0.15) is 10.8 Å². The van der Waals surface area contributed by atoms with E-state index in [1.165, 1.54) is 17.1 Å². The zero-order valence-electron chi connectivity index (χ0n) is 9.60. The maximum Gasteiger partial charge on any atom is 0.130 e. The Morgan fingerprint density at radius 1 is 1.44 bits per heavy atom. The summed E-state index contributed by atoms with van der Waals surface area (Å²) in [5.41, 5.74) is 1.20. The van der Waals surface area contributed by atoms with E-state index in [9.17, 15) is 0 Å². The Hall–Kier alpha value is -1.14. The van der Waals surface area contributed by atoms with Gasteiger partial charge in [0.05, 0.1) is 18.8 Å². The Morgan fingerprint density at radius 3 is 3.22 bits per heavy atom. The van der Waals surface area contributed by atoms with E-state index in [0.717, 1.165) is 34.7 Å². The number of ether oxygens (including phenoxy) is 1. The van der Waals surface area contributed by atoms with Crippen LogP contribution in [0.5, 0.6) is 5.75 Å². The van der Waals surface area contributed by atoms with Crippen LogP contribution in [0.15, 0.2) is 28.9 Å². The van der Waals surface area contributed by atoms with Crippen molar-refractivity contribution in [2.45, 2.75) is 18.9 Å². The van der Waals surface area contributed by atoms with Gasteiger partial charge in [-0.1, -0.05) is 26.5 Å². The maximum absolute atomic E-state index is 5.78. The van der Waals surface area contributed by atoms with Crippen LogP contribution in [0.3, 0.4) is 0 Å². The lowest BCUT2D eigenvalue weighted by molar-refractivity contribution is 0.316. The minimum Gasteiger partial charge on any atom is -0.493 e. The number of anilines is 1. The summed E-state index contributed by atoms with van der Waals surface area (Å²) in [5.74, 6) is 0.955. The largest absolute Gasteiger partial charge is 0.493 e. The summed E-state index contributed by atoms with van der Waals surface area (Å²) >= 11 is 4.86. The van der Waals surface area contributed by atoms with Crippen LogP contribution in [-0.2, 0) is 0 Å². The highest BCUT2D eigenvalue weighted by atomic mass is 79.9. The average Bonchev–Trinajstić information content (AvgIpc) is 2.79. The van der Waals surface area contributed by atoms with Crippen LogP contribution in [0.25, 0.3) is 0 Å². The molecule has 1 aromatic carbocycles. The third-order valence-corrected chi connectivity index (χ3v) is 4.01. The van der Waals surface area contributed by atoms with E-state index in [4.69, 9.17) is 4.74 Å². The molecule has 0 aliphatic carbocycles. The molecule has 2 heterocycles. The average molecular weight is 326 g/mol. The molecule has 94 valence electrons. The summed E-state index contributed by atoms with van der Waals surface area (Å²) in [7, 11) is 0. The van der Waals surface area contributed by atoms with E-state index in [2.05, 4.69) is 36.9 Å². The van der Waals surface area contributed by atoms with Gasteiger partial charge in [0.25, 0.3) is 0 Å². The van der Waals surface area contributed by atoms with Crippen LogP contribution < -0.4 is 10.1 Å². The predicted molar refractivity (Wildman–Crippen MR) is 75.1 cm³/mol. The predicted octanol–water partition coefficient (Wildman–Crippen LogP) is 3.63. The fourth-order valence-corrected chi connectivity index (χ4v) is 2.91. The van der Waals surface area contributed by atoms with Gasteiger partial charge in [0.15, 0.2) is 0 Å². The topological polar surface area (TPSA) is 47.0 Å². The Morgan fingerprint density at radius 2 is 2.39 bits per heavy atom. The second kappa shape index (κ2) is 5.24. The third kappa shape index (κ3) is 2.49. The fraction of sp³-hybridized carbons (Fsp3) is 0.333. The molecule has 0 saturated heterocycles. The van der Waals surface area contributed by atoms with Crippen molar-refractivity contribution in [1.29, 1.82) is 0 Å². The fourth-order valence-electron chi connectivity index (χ4n) is 2.10. The summed E-state index contributed by atoms with van der Waals surface area (Å²) < 4.78 is 10.7. The molecule has 1 unspecified atom stereocenters. The Labute approximate surface area is 118 Å². The van der Waals surface area contributed by atoms with E-state index in [1.54, 1.807) is 6.20 Å². The van der Waals surface area contributed by atoms with Gasteiger partial charge >= 0.3 is 0 Å². The van der Waals surface area contributed by atoms with Crippen LogP contribution in [0.4, 0.5) is 5.00 Å². The first kappa shape index (κ1) is 11.9. The number of hydrogen-bond donors (Lipinski definition) is 1. The van der Waals surface area contributed by atoms with Crippen molar-refractivity contribution in [2.75, 3.05) is 11.9 Å². The Bertz CT molecular complexity index is 532. The molecule has 3 rings (SSSR count). The van der Waals surface area contributed by atoms with Gasteiger partial charge in [-0.05, 0) is 25.0 Å². The van der Waals surface area contributed by atoms with Crippen molar-refractivity contribution in [2.24, 2.45) is 0 Å². The van der Waals surface area contributed by atoms with E-state index in [1.807, 2.05) is 12.1 Å². The summed E-state index contributed by atoms with van der Waals surface area (Å²) in [6.07, 6.45) is 3.84. The molecule has 0 radical (unpaired) electrons. The molecule has 2 aromatic rings. The molecule has 1 atom stereocenters. The van der Waals surface area contributed by atoms with E-state index >= 15 is 0 Å². The number of hydrogen-bond acceptors (Lipinski definition) is 5. The molecule has 0 fully saturated rings. The molecule has 1 aromatic heterocycles. The lowest BCUT2D eigenvalue weighted by Crippen LogP contribution is -2.09. The first-order valence-corrected chi connectivity index (χ1v) is 7.36. The van der Waals surface area contributed by atoms with Gasteiger partial charge in [0.2, 0.25) is 0 Å². The maximum atomic E-state index is 5.78. The zero-order valence-corrected chi connectivity index (χ0v) is 12.0. The van der Waals surface area contributed by atoms with Crippen LogP contribution in [0.2, 0.25) is 0 Å². The van der Waals surface area contributed by atoms with Gasteiger partial charge < -0.3 is 10.1 Å². The molecule has 6 heteroatoms. The molecule has 1 N–H and O–H groups in total. The Balaban J connectivity index is 1.91. The minimum atomic E-state index is 0.262. The lowest BCUT2D eigenvalue weighted by atomic mass is 10.0. The third-order valence-electron chi connectivity index (χ3n) is 2.92. The molecule has 4 nitrogen and oxygen atoms in total. The van der Waals surface area contributed by atoms with Crippen molar-refractivity contribution in [3.05, 3.63) is 34.4 Å². The van der Waals surface area contributed by atoms with Crippen molar-refractivity contribution in [3.8, 4) is 5.75 Å². The van der Waals surface area contributed by atoms with Crippen molar-refractivity contribution in [3.63, 3.8) is 0 Å².